The molecule has 3 rings (SSSR count). The predicted octanol–water partition coefficient (Wildman–Crippen LogP) is 1.81. The molecule has 0 aliphatic heterocycles. The average molecular weight is 299 g/mol. The average Bonchev–Trinajstić information content (AvgIpc) is 2.99. The van der Waals surface area contributed by atoms with Crippen molar-refractivity contribution < 1.29 is 14.6 Å². The number of aromatic nitrogens is 3. The van der Waals surface area contributed by atoms with Crippen LogP contribution < -0.4 is 4.74 Å². The SMILES string of the molecule is OCCOCCOc1ccccc1-n1nc2ccccc2n1. The van der Waals surface area contributed by atoms with E-state index in [4.69, 9.17) is 14.6 Å². The lowest BCUT2D eigenvalue weighted by Gasteiger charge is -2.10. The van der Waals surface area contributed by atoms with E-state index in [2.05, 4.69) is 10.2 Å². The van der Waals surface area contributed by atoms with Crippen LogP contribution >= 0.6 is 0 Å². The molecule has 2 aromatic carbocycles. The van der Waals surface area contributed by atoms with Gasteiger partial charge in [-0.1, -0.05) is 24.3 Å². The Labute approximate surface area is 127 Å². The molecule has 1 aromatic heterocycles. The lowest BCUT2D eigenvalue weighted by molar-refractivity contribution is 0.0704. The Kier molecular flexibility index (Phi) is 4.62. The van der Waals surface area contributed by atoms with Crippen molar-refractivity contribution >= 4 is 11.0 Å². The number of hydrogen-bond donors (Lipinski definition) is 1. The van der Waals surface area contributed by atoms with Gasteiger partial charge < -0.3 is 14.6 Å². The standard InChI is InChI=1S/C16H17N3O3/c20-9-10-21-11-12-22-16-8-4-3-7-15(16)19-17-13-5-1-2-6-14(13)18-19/h1-8,20H,9-12H2. The minimum Gasteiger partial charge on any atom is -0.489 e. The first-order valence-electron chi connectivity index (χ1n) is 7.11. The summed E-state index contributed by atoms with van der Waals surface area (Å²) in [5, 5.41) is 17.6. The zero-order valence-electron chi connectivity index (χ0n) is 12.1. The van der Waals surface area contributed by atoms with Crippen LogP contribution in [0.25, 0.3) is 16.7 Å². The molecule has 0 amide bonds. The van der Waals surface area contributed by atoms with Crippen molar-refractivity contribution in [3.63, 3.8) is 0 Å². The molecule has 114 valence electrons. The molecule has 0 radical (unpaired) electrons. The van der Waals surface area contributed by atoms with Gasteiger partial charge >= 0.3 is 0 Å². The van der Waals surface area contributed by atoms with Crippen LogP contribution in [0.2, 0.25) is 0 Å². The highest BCUT2D eigenvalue weighted by Gasteiger charge is 2.09. The molecule has 0 aliphatic carbocycles. The minimum absolute atomic E-state index is 0.0143. The highest BCUT2D eigenvalue weighted by atomic mass is 16.5. The fraction of sp³-hybridized carbons (Fsp3) is 0.250. The minimum atomic E-state index is 0.0143. The van der Waals surface area contributed by atoms with Crippen molar-refractivity contribution in [1.82, 2.24) is 15.0 Å². The summed E-state index contributed by atoms with van der Waals surface area (Å²) in [5.41, 5.74) is 2.45. The Morgan fingerprint density at radius 2 is 1.55 bits per heavy atom. The van der Waals surface area contributed by atoms with Crippen molar-refractivity contribution in [2.24, 2.45) is 0 Å². The van der Waals surface area contributed by atoms with Crippen LogP contribution in [-0.4, -0.2) is 46.5 Å². The van der Waals surface area contributed by atoms with Gasteiger partial charge in [0.25, 0.3) is 0 Å². The molecule has 1 N–H and O–H groups in total. The largest absolute Gasteiger partial charge is 0.489 e. The predicted molar refractivity (Wildman–Crippen MR) is 82.3 cm³/mol. The van der Waals surface area contributed by atoms with E-state index in [0.29, 0.717) is 25.6 Å². The number of aliphatic hydroxyl groups excluding tert-OH is 1. The van der Waals surface area contributed by atoms with Gasteiger partial charge in [-0.2, -0.15) is 0 Å². The maximum atomic E-state index is 8.66. The first-order valence-corrected chi connectivity index (χ1v) is 7.11. The number of aliphatic hydroxyl groups is 1. The Morgan fingerprint density at radius 1 is 0.864 bits per heavy atom. The zero-order chi connectivity index (χ0) is 15.2. The molecule has 0 unspecified atom stereocenters. The number of rotatable bonds is 7. The summed E-state index contributed by atoms with van der Waals surface area (Å²) < 4.78 is 10.9. The fourth-order valence-corrected chi connectivity index (χ4v) is 2.09. The second kappa shape index (κ2) is 7.02. The topological polar surface area (TPSA) is 69.4 Å². The molecular weight excluding hydrogens is 282 g/mol. The van der Waals surface area contributed by atoms with Gasteiger partial charge in [0.05, 0.1) is 19.8 Å². The third kappa shape index (κ3) is 3.24. The van der Waals surface area contributed by atoms with Crippen molar-refractivity contribution in [2.45, 2.75) is 0 Å². The van der Waals surface area contributed by atoms with E-state index < -0.39 is 0 Å². The van der Waals surface area contributed by atoms with Crippen molar-refractivity contribution in [3.8, 4) is 11.4 Å². The number of para-hydroxylation sites is 2. The van der Waals surface area contributed by atoms with Crippen LogP contribution in [0.4, 0.5) is 0 Å². The molecule has 0 fully saturated rings. The third-order valence-corrected chi connectivity index (χ3v) is 3.09. The molecule has 22 heavy (non-hydrogen) atoms. The number of benzene rings is 2. The van der Waals surface area contributed by atoms with Gasteiger partial charge in [-0.15, -0.1) is 15.0 Å². The number of nitrogens with zero attached hydrogens (tertiary/aromatic N) is 3. The fourth-order valence-electron chi connectivity index (χ4n) is 2.09. The number of hydrogen-bond acceptors (Lipinski definition) is 5. The van der Waals surface area contributed by atoms with Gasteiger partial charge in [0, 0.05) is 0 Å². The zero-order valence-corrected chi connectivity index (χ0v) is 12.1. The Bertz CT molecular complexity index is 709. The van der Waals surface area contributed by atoms with Crippen molar-refractivity contribution in [2.75, 3.05) is 26.4 Å². The molecular formula is C16H17N3O3. The molecule has 0 spiro atoms. The van der Waals surface area contributed by atoms with Crippen molar-refractivity contribution in [1.29, 1.82) is 0 Å². The first kappa shape index (κ1) is 14.5. The third-order valence-electron chi connectivity index (χ3n) is 3.09. The Hall–Kier alpha value is -2.44. The molecule has 0 saturated carbocycles. The van der Waals surface area contributed by atoms with E-state index in [1.165, 1.54) is 0 Å². The maximum absolute atomic E-state index is 8.66. The van der Waals surface area contributed by atoms with E-state index in [9.17, 15) is 0 Å². The van der Waals surface area contributed by atoms with Crippen molar-refractivity contribution in [3.05, 3.63) is 48.5 Å². The van der Waals surface area contributed by atoms with Gasteiger partial charge in [-0.25, -0.2) is 0 Å². The summed E-state index contributed by atoms with van der Waals surface area (Å²) in [7, 11) is 0. The number of fused-ring (bicyclic) bond motifs is 1. The van der Waals surface area contributed by atoms with Gasteiger partial charge in [-0.05, 0) is 24.3 Å². The van der Waals surface area contributed by atoms with Gasteiger partial charge in [-0.3, -0.25) is 0 Å². The summed E-state index contributed by atoms with van der Waals surface area (Å²) in [6.07, 6.45) is 0. The highest BCUT2D eigenvalue weighted by Crippen LogP contribution is 2.22. The molecule has 3 aromatic rings. The first-order chi connectivity index (χ1) is 10.9. The lowest BCUT2D eigenvalue weighted by Crippen LogP contribution is -2.11. The Morgan fingerprint density at radius 3 is 2.27 bits per heavy atom. The summed E-state index contributed by atoms with van der Waals surface area (Å²) >= 11 is 0. The lowest BCUT2D eigenvalue weighted by atomic mass is 10.3. The highest BCUT2D eigenvalue weighted by molar-refractivity contribution is 5.73. The normalized spacial score (nSPS) is 11.0. The quantitative estimate of drug-likeness (QED) is 0.674. The van der Waals surface area contributed by atoms with Gasteiger partial charge in [0.2, 0.25) is 0 Å². The monoisotopic (exact) mass is 299 g/mol. The molecule has 0 aliphatic rings. The van der Waals surface area contributed by atoms with Crippen LogP contribution in [-0.2, 0) is 4.74 Å². The van der Waals surface area contributed by atoms with Crippen LogP contribution in [0.5, 0.6) is 5.75 Å². The van der Waals surface area contributed by atoms with Gasteiger partial charge in [0.1, 0.15) is 29.1 Å². The maximum Gasteiger partial charge on any atom is 0.146 e. The van der Waals surface area contributed by atoms with Crippen LogP contribution in [0.3, 0.4) is 0 Å². The summed E-state index contributed by atoms with van der Waals surface area (Å²) in [6, 6.07) is 15.3. The Balaban J connectivity index is 1.78. The molecule has 0 bridgehead atoms. The summed E-state index contributed by atoms with van der Waals surface area (Å²) in [5.74, 6) is 0.690. The van der Waals surface area contributed by atoms with Crippen LogP contribution in [0, 0.1) is 0 Å². The molecule has 0 saturated heterocycles. The van der Waals surface area contributed by atoms with E-state index in [1.54, 1.807) is 4.80 Å². The van der Waals surface area contributed by atoms with E-state index in [0.717, 1.165) is 16.7 Å². The van der Waals surface area contributed by atoms with E-state index >= 15 is 0 Å². The smallest absolute Gasteiger partial charge is 0.146 e. The summed E-state index contributed by atoms with van der Waals surface area (Å²) in [6.45, 7) is 1.15. The van der Waals surface area contributed by atoms with Crippen LogP contribution in [0.15, 0.2) is 48.5 Å². The van der Waals surface area contributed by atoms with Gasteiger partial charge in [0.15, 0.2) is 0 Å². The summed E-state index contributed by atoms with van der Waals surface area (Å²) in [4.78, 5) is 1.58. The molecule has 1 heterocycles. The van der Waals surface area contributed by atoms with E-state index in [1.807, 2.05) is 48.5 Å². The van der Waals surface area contributed by atoms with E-state index in [-0.39, 0.29) is 6.61 Å². The number of ether oxygens (including phenoxy) is 2. The second-order valence-electron chi connectivity index (χ2n) is 4.63. The molecule has 6 heteroatoms. The molecule has 0 atom stereocenters. The molecule has 6 nitrogen and oxygen atoms in total. The van der Waals surface area contributed by atoms with Crippen LogP contribution in [0.1, 0.15) is 0 Å². The second-order valence-corrected chi connectivity index (χ2v) is 4.63.